The molecule has 0 atom stereocenters. The zero-order valence-electron chi connectivity index (χ0n) is 14.5. The lowest BCUT2D eigenvalue weighted by Gasteiger charge is -2.10. The molecule has 2 aromatic carbocycles. The van der Waals surface area contributed by atoms with Crippen molar-refractivity contribution in [3.05, 3.63) is 70.8 Å². The average molecular weight is 363 g/mol. The second-order valence-corrected chi connectivity index (χ2v) is 5.81. The molecule has 2 heterocycles. The summed E-state index contributed by atoms with van der Waals surface area (Å²) < 4.78 is 6.81. The van der Waals surface area contributed by atoms with Gasteiger partial charge in [-0.25, -0.2) is 14.3 Å². The fourth-order valence-corrected chi connectivity index (χ4v) is 2.90. The first kappa shape index (κ1) is 16.8. The van der Waals surface area contributed by atoms with E-state index in [2.05, 4.69) is 20.3 Å². The number of hydrogen-bond acceptors (Lipinski definition) is 6. The Labute approximate surface area is 154 Å². The molecule has 0 saturated heterocycles. The molecule has 0 unspecified atom stereocenters. The van der Waals surface area contributed by atoms with Gasteiger partial charge in [-0.15, -0.1) is 0 Å². The molecule has 2 aromatic heterocycles. The topological polar surface area (TPSA) is 105 Å². The molecule has 4 rings (SSSR count). The van der Waals surface area contributed by atoms with Crippen LogP contribution < -0.4 is 15.7 Å². The summed E-state index contributed by atoms with van der Waals surface area (Å²) in [5.74, 6) is 0.866. The number of H-pyrrole nitrogens is 1. The van der Waals surface area contributed by atoms with Crippen LogP contribution in [0.4, 0.5) is 11.6 Å². The Balaban J connectivity index is 1.84. The number of ether oxygens (including phenoxy) is 1. The smallest absolute Gasteiger partial charge is 0.332 e. The molecule has 0 fully saturated rings. The van der Waals surface area contributed by atoms with Gasteiger partial charge in [0.25, 0.3) is 0 Å². The van der Waals surface area contributed by atoms with Crippen molar-refractivity contribution in [2.24, 2.45) is 0 Å². The summed E-state index contributed by atoms with van der Waals surface area (Å²) in [6.45, 7) is -0.110. The molecule has 8 nitrogen and oxygen atoms in total. The molecular formula is C19H17N5O3. The van der Waals surface area contributed by atoms with E-state index in [1.165, 1.54) is 4.57 Å². The predicted octanol–water partition coefficient (Wildman–Crippen LogP) is 2.35. The summed E-state index contributed by atoms with van der Waals surface area (Å²) in [6.07, 6.45) is 1.54. The summed E-state index contributed by atoms with van der Waals surface area (Å²) in [4.78, 5) is 24.0. The number of aliphatic hydroxyl groups is 1. The van der Waals surface area contributed by atoms with Gasteiger partial charge in [0.05, 0.1) is 25.6 Å². The van der Waals surface area contributed by atoms with Gasteiger partial charge in [-0.1, -0.05) is 30.3 Å². The maximum absolute atomic E-state index is 12.5. The Hall–Kier alpha value is -3.65. The molecule has 0 radical (unpaired) electrons. The number of aromatic amines is 1. The van der Waals surface area contributed by atoms with Crippen LogP contribution >= 0.6 is 0 Å². The number of benzene rings is 2. The summed E-state index contributed by atoms with van der Waals surface area (Å²) in [5, 5.41) is 12.6. The van der Waals surface area contributed by atoms with Crippen LogP contribution in [-0.4, -0.2) is 31.7 Å². The third-order valence-corrected chi connectivity index (χ3v) is 4.19. The molecule has 27 heavy (non-hydrogen) atoms. The van der Waals surface area contributed by atoms with Crippen LogP contribution in [0.1, 0.15) is 5.56 Å². The van der Waals surface area contributed by atoms with E-state index in [0.29, 0.717) is 34.2 Å². The van der Waals surface area contributed by atoms with Crippen LogP contribution in [0, 0.1) is 0 Å². The van der Waals surface area contributed by atoms with Crippen molar-refractivity contribution in [2.75, 3.05) is 12.4 Å². The number of aliphatic hydroxyl groups excluding tert-OH is 1. The number of nitrogens with zero attached hydrogens (tertiary/aromatic N) is 3. The van der Waals surface area contributed by atoms with Crippen LogP contribution in [0.2, 0.25) is 0 Å². The fraction of sp³-hybridized carbons (Fsp3) is 0.105. The maximum atomic E-state index is 12.5. The van der Waals surface area contributed by atoms with Gasteiger partial charge in [0.1, 0.15) is 11.3 Å². The molecule has 0 aliphatic carbocycles. The third kappa shape index (κ3) is 3.02. The Morgan fingerprint density at radius 3 is 2.78 bits per heavy atom. The standard InChI is InChI=1S/C19H17N5O3/c1-27-16-9-5-4-8-15(16)24-17-14(22-19(24)26)10-20-18(23-17)21-13-7-3-2-6-12(13)11-25/h2-10,25H,11H2,1H3,(H,22,26)(H,20,21,23). The maximum Gasteiger partial charge on any atom is 0.332 e. The Bertz CT molecular complexity index is 1170. The van der Waals surface area contributed by atoms with Gasteiger partial charge in [0.15, 0.2) is 5.65 Å². The van der Waals surface area contributed by atoms with E-state index < -0.39 is 0 Å². The number of rotatable bonds is 5. The van der Waals surface area contributed by atoms with Gasteiger partial charge in [-0.3, -0.25) is 0 Å². The monoisotopic (exact) mass is 363 g/mol. The molecule has 136 valence electrons. The molecule has 0 bridgehead atoms. The molecule has 8 heteroatoms. The second kappa shape index (κ2) is 6.93. The van der Waals surface area contributed by atoms with Gasteiger partial charge in [0.2, 0.25) is 5.95 Å². The second-order valence-electron chi connectivity index (χ2n) is 5.81. The molecule has 0 saturated carbocycles. The highest BCUT2D eigenvalue weighted by Gasteiger charge is 2.15. The summed E-state index contributed by atoms with van der Waals surface area (Å²) >= 11 is 0. The van der Waals surface area contributed by atoms with Gasteiger partial charge in [-0.05, 0) is 18.2 Å². The quantitative estimate of drug-likeness (QED) is 0.503. The Kier molecular flexibility index (Phi) is 4.31. The number of fused-ring (bicyclic) bond motifs is 1. The minimum Gasteiger partial charge on any atom is -0.495 e. The molecular weight excluding hydrogens is 346 g/mol. The number of methoxy groups -OCH3 is 1. The van der Waals surface area contributed by atoms with E-state index in [4.69, 9.17) is 4.74 Å². The molecule has 0 spiro atoms. The van der Waals surface area contributed by atoms with Gasteiger partial charge in [-0.2, -0.15) is 4.98 Å². The van der Waals surface area contributed by atoms with E-state index in [9.17, 15) is 9.90 Å². The van der Waals surface area contributed by atoms with Crippen molar-refractivity contribution in [2.45, 2.75) is 6.61 Å². The normalized spacial score (nSPS) is 10.9. The third-order valence-electron chi connectivity index (χ3n) is 4.19. The van der Waals surface area contributed by atoms with Crippen molar-refractivity contribution in [1.29, 1.82) is 0 Å². The number of hydrogen-bond donors (Lipinski definition) is 3. The highest BCUT2D eigenvalue weighted by Crippen LogP contribution is 2.24. The number of para-hydroxylation sites is 3. The Morgan fingerprint density at radius 2 is 1.96 bits per heavy atom. The van der Waals surface area contributed by atoms with Crippen molar-refractivity contribution < 1.29 is 9.84 Å². The number of aromatic nitrogens is 4. The molecule has 3 N–H and O–H groups in total. The molecule has 0 aliphatic rings. The van der Waals surface area contributed by atoms with Crippen LogP contribution in [0.15, 0.2) is 59.5 Å². The van der Waals surface area contributed by atoms with E-state index in [-0.39, 0.29) is 12.3 Å². The lowest BCUT2D eigenvalue weighted by atomic mass is 10.2. The van der Waals surface area contributed by atoms with Crippen molar-refractivity contribution >= 4 is 22.8 Å². The van der Waals surface area contributed by atoms with E-state index in [1.807, 2.05) is 36.4 Å². The van der Waals surface area contributed by atoms with E-state index >= 15 is 0 Å². The van der Waals surface area contributed by atoms with Crippen LogP contribution in [0.25, 0.3) is 16.9 Å². The van der Waals surface area contributed by atoms with Crippen molar-refractivity contribution in [3.63, 3.8) is 0 Å². The highest BCUT2D eigenvalue weighted by atomic mass is 16.5. The first-order valence-corrected chi connectivity index (χ1v) is 8.28. The largest absolute Gasteiger partial charge is 0.495 e. The zero-order valence-corrected chi connectivity index (χ0v) is 14.5. The summed E-state index contributed by atoms with van der Waals surface area (Å²) in [6, 6.07) is 14.5. The van der Waals surface area contributed by atoms with Gasteiger partial charge in [0, 0.05) is 11.3 Å². The van der Waals surface area contributed by atoms with Crippen LogP contribution in [0.3, 0.4) is 0 Å². The SMILES string of the molecule is COc1ccccc1-n1c(=O)[nH]c2cnc(Nc3ccccc3CO)nc21. The first-order valence-electron chi connectivity index (χ1n) is 8.28. The van der Waals surface area contributed by atoms with E-state index in [1.54, 1.807) is 25.4 Å². The number of nitrogens with one attached hydrogen (secondary N) is 2. The minimum atomic E-state index is -0.336. The zero-order chi connectivity index (χ0) is 18.8. The van der Waals surface area contributed by atoms with Gasteiger partial charge >= 0.3 is 5.69 Å². The number of anilines is 2. The molecule has 0 amide bonds. The number of imidazole rings is 1. The average Bonchev–Trinajstić information content (AvgIpc) is 3.03. The Morgan fingerprint density at radius 1 is 1.19 bits per heavy atom. The van der Waals surface area contributed by atoms with Crippen molar-refractivity contribution in [1.82, 2.24) is 19.5 Å². The minimum absolute atomic E-state index is 0.110. The first-order chi connectivity index (χ1) is 13.2. The van der Waals surface area contributed by atoms with Crippen molar-refractivity contribution in [3.8, 4) is 11.4 Å². The summed E-state index contributed by atoms with van der Waals surface area (Å²) in [5.41, 5.74) is 2.59. The lowest BCUT2D eigenvalue weighted by molar-refractivity contribution is 0.282. The highest BCUT2D eigenvalue weighted by molar-refractivity contribution is 5.75. The fourth-order valence-electron chi connectivity index (χ4n) is 2.90. The predicted molar refractivity (Wildman–Crippen MR) is 102 cm³/mol. The molecule has 0 aliphatic heterocycles. The summed E-state index contributed by atoms with van der Waals surface area (Å²) in [7, 11) is 1.55. The molecule has 4 aromatic rings. The van der Waals surface area contributed by atoms with Gasteiger partial charge < -0.3 is 20.1 Å². The lowest BCUT2D eigenvalue weighted by Crippen LogP contribution is -2.16. The van der Waals surface area contributed by atoms with E-state index in [0.717, 1.165) is 5.56 Å². The van der Waals surface area contributed by atoms with Crippen LogP contribution in [0.5, 0.6) is 5.75 Å². The van der Waals surface area contributed by atoms with Crippen LogP contribution in [-0.2, 0) is 6.61 Å².